The van der Waals surface area contributed by atoms with Gasteiger partial charge in [-0.2, -0.15) is 5.26 Å². The first kappa shape index (κ1) is 11.1. The molecule has 1 aliphatic heterocycles. The van der Waals surface area contributed by atoms with Crippen LogP contribution in [0.2, 0.25) is 0 Å². The fourth-order valence-corrected chi connectivity index (χ4v) is 2.11. The molecule has 0 atom stereocenters. The molecule has 3 heteroatoms. The first-order chi connectivity index (χ1) is 7.78. The molecule has 1 aliphatic rings. The van der Waals surface area contributed by atoms with Crippen molar-refractivity contribution in [3.8, 4) is 6.07 Å². The maximum atomic E-state index is 8.82. The predicted molar refractivity (Wildman–Crippen MR) is 63.6 cm³/mol. The van der Waals surface area contributed by atoms with Crippen molar-refractivity contribution in [1.29, 1.82) is 5.26 Å². The van der Waals surface area contributed by atoms with Gasteiger partial charge in [-0.1, -0.05) is 12.1 Å². The Labute approximate surface area is 96.5 Å². The fourth-order valence-electron chi connectivity index (χ4n) is 2.11. The highest BCUT2D eigenvalue weighted by atomic mass is 15.1. The van der Waals surface area contributed by atoms with Gasteiger partial charge < -0.3 is 5.73 Å². The van der Waals surface area contributed by atoms with E-state index in [0.29, 0.717) is 6.04 Å². The number of benzene rings is 1. The van der Waals surface area contributed by atoms with Gasteiger partial charge in [0.25, 0.3) is 0 Å². The normalized spacial score (nSPS) is 18.2. The van der Waals surface area contributed by atoms with Gasteiger partial charge in [0, 0.05) is 12.6 Å². The van der Waals surface area contributed by atoms with Crippen molar-refractivity contribution in [2.24, 2.45) is 5.73 Å². The summed E-state index contributed by atoms with van der Waals surface area (Å²) in [5.41, 5.74) is 7.83. The molecule has 2 N–H and O–H groups in total. The van der Waals surface area contributed by atoms with Crippen LogP contribution in [0.15, 0.2) is 24.3 Å². The van der Waals surface area contributed by atoms with Crippen LogP contribution in [0.3, 0.4) is 0 Å². The number of piperidine rings is 1. The number of nitrogens with two attached hydrogens (primary N) is 1. The largest absolute Gasteiger partial charge is 0.328 e. The molecule has 1 heterocycles. The Morgan fingerprint density at radius 1 is 1.38 bits per heavy atom. The van der Waals surface area contributed by atoms with Crippen LogP contribution < -0.4 is 5.73 Å². The average Bonchev–Trinajstić information content (AvgIpc) is 2.32. The molecule has 0 aromatic heterocycles. The fraction of sp³-hybridized carbons (Fsp3) is 0.462. The zero-order chi connectivity index (χ0) is 11.4. The zero-order valence-electron chi connectivity index (χ0n) is 9.39. The van der Waals surface area contributed by atoms with E-state index >= 15 is 0 Å². The van der Waals surface area contributed by atoms with E-state index in [0.717, 1.165) is 38.0 Å². The molecular formula is C13H17N3. The highest BCUT2D eigenvalue weighted by molar-refractivity contribution is 5.32. The molecule has 1 saturated heterocycles. The lowest BCUT2D eigenvalue weighted by Crippen LogP contribution is -2.39. The Morgan fingerprint density at radius 2 is 2.12 bits per heavy atom. The van der Waals surface area contributed by atoms with Crippen molar-refractivity contribution >= 4 is 0 Å². The molecule has 3 nitrogen and oxygen atoms in total. The van der Waals surface area contributed by atoms with Crippen LogP contribution in [0, 0.1) is 11.3 Å². The van der Waals surface area contributed by atoms with E-state index in [-0.39, 0.29) is 0 Å². The van der Waals surface area contributed by atoms with Gasteiger partial charge in [0.1, 0.15) is 0 Å². The van der Waals surface area contributed by atoms with Crippen LogP contribution in [-0.4, -0.2) is 24.0 Å². The zero-order valence-corrected chi connectivity index (χ0v) is 9.39. The predicted octanol–water partition coefficient (Wildman–Crippen LogP) is 1.48. The third-order valence-corrected chi connectivity index (χ3v) is 3.09. The maximum Gasteiger partial charge on any atom is 0.0991 e. The molecule has 1 fully saturated rings. The summed E-state index contributed by atoms with van der Waals surface area (Å²) in [7, 11) is 0. The Balaban J connectivity index is 1.96. The number of hydrogen-bond acceptors (Lipinski definition) is 3. The molecule has 0 unspecified atom stereocenters. The second kappa shape index (κ2) is 5.11. The summed E-state index contributed by atoms with van der Waals surface area (Å²) in [4.78, 5) is 2.40. The highest BCUT2D eigenvalue weighted by Gasteiger charge is 2.15. The Kier molecular flexibility index (Phi) is 3.55. The summed E-state index contributed by atoms with van der Waals surface area (Å²) in [6.07, 6.45) is 2.16. The third-order valence-electron chi connectivity index (χ3n) is 3.09. The van der Waals surface area contributed by atoms with Crippen LogP contribution in [0.4, 0.5) is 0 Å². The Morgan fingerprint density at radius 3 is 2.81 bits per heavy atom. The topological polar surface area (TPSA) is 53.0 Å². The third kappa shape index (κ3) is 2.82. The van der Waals surface area contributed by atoms with Gasteiger partial charge in [0.2, 0.25) is 0 Å². The van der Waals surface area contributed by atoms with Crippen molar-refractivity contribution in [3.05, 3.63) is 35.4 Å². The van der Waals surface area contributed by atoms with E-state index in [2.05, 4.69) is 17.0 Å². The van der Waals surface area contributed by atoms with Gasteiger partial charge in [-0.05, 0) is 43.6 Å². The first-order valence-electron chi connectivity index (χ1n) is 5.75. The van der Waals surface area contributed by atoms with Gasteiger partial charge in [-0.3, -0.25) is 4.90 Å². The number of likely N-dealkylation sites (tertiary alicyclic amines) is 1. The minimum absolute atomic E-state index is 0.377. The first-order valence-corrected chi connectivity index (χ1v) is 5.75. The van der Waals surface area contributed by atoms with Crippen molar-refractivity contribution < 1.29 is 0 Å². The molecule has 84 valence electrons. The van der Waals surface area contributed by atoms with Crippen LogP contribution in [0.25, 0.3) is 0 Å². The number of hydrogen-bond donors (Lipinski definition) is 1. The Bertz CT molecular complexity index is 386. The monoisotopic (exact) mass is 215 g/mol. The molecule has 0 bridgehead atoms. The molecule has 1 aromatic carbocycles. The van der Waals surface area contributed by atoms with Crippen LogP contribution in [-0.2, 0) is 6.54 Å². The maximum absolute atomic E-state index is 8.82. The molecule has 0 saturated carbocycles. The standard InChI is InChI=1S/C13H17N3/c14-9-11-2-1-3-12(8-11)10-16-6-4-13(15)5-7-16/h1-3,8,13H,4-7,10,15H2. The lowest BCUT2D eigenvalue weighted by Gasteiger charge is -2.30. The van der Waals surface area contributed by atoms with Crippen LogP contribution in [0.1, 0.15) is 24.0 Å². The van der Waals surface area contributed by atoms with Crippen LogP contribution >= 0.6 is 0 Å². The van der Waals surface area contributed by atoms with E-state index in [9.17, 15) is 0 Å². The molecule has 2 rings (SSSR count). The summed E-state index contributed by atoms with van der Waals surface area (Å²) in [6.45, 7) is 3.07. The minimum Gasteiger partial charge on any atom is -0.328 e. The number of nitriles is 1. The van der Waals surface area contributed by atoms with Crippen molar-refractivity contribution in [2.75, 3.05) is 13.1 Å². The Hall–Kier alpha value is -1.37. The van der Waals surface area contributed by atoms with Gasteiger partial charge >= 0.3 is 0 Å². The smallest absolute Gasteiger partial charge is 0.0991 e. The molecule has 0 amide bonds. The summed E-state index contributed by atoms with van der Waals surface area (Å²) < 4.78 is 0. The summed E-state index contributed by atoms with van der Waals surface area (Å²) in [5, 5.41) is 8.82. The van der Waals surface area contributed by atoms with E-state index < -0.39 is 0 Å². The van der Waals surface area contributed by atoms with Crippen molar-refractivity contribution in [2.45, 2.75) is 25.4 Å². The second-order valence-electron chi connectivity index (χ2n) is 4.43. The van der Waals surface area contributed by atoms with Gasteiger partial charge in [-0.15, -0.1) is 0 Å². The average molecular weight is 215 g/mol. The molecule has 16 heavy (non-hydrogen) atoms. The number of nitrogens with zero attached hydrogens (tertiary/aromatic N) is 2. The molecule has 1 aromatic rings. The molecule has 0 radical (unpaired) electrons. The van der Waals surface area contributed by atoms with E-state index in [1.807, 2.05) is 18.2 Å². The lowest BCUT2D eigenvalue weighted by molar-refractivity contribution is 0.205. The second-order valence-corrected chi connectivity index (χ2v) is 4.43. The van der Waals surface area contributed by atoms with Crippen molar-refractivity contribution in [3.63, 3.8) is 0 Å². The molecule has 0 spiro atoms. The van der Waals surface area contributed by atoms with Crippen LogP contribution in [0.5, 0.6) is 0 Å². The summed E-state index contributed by atoms with van der Waals surface area (Å²) >= 11 is 0. The van der Waals surface area contributed by atoms with E-state index in [1.54, 1.807) is 0 Å². The number of rotatable bonds is 2. The van der Waals surface area contributed by atoms with Crippen molar-refractivity contribution in [1.82, 2.24) is 4.90 Å². The molecule has 0 aliphatic carbocycles. The van der Waals surface area contributed by atoms with E-state index in [4.69, 9.17) is 11.0 Å². The van der Waals surface area contributed by atoms with Gasteiger partial charge in [0.15, 0.2) is 0 Å². The van der Waals surface area contributed by atoms with Gasteiger partial charge in [-0.25, -0.2) is 0 Å². The summed E-state index contributed by atoms with van der Waals surface area (Å²) in [6, 6.07) is 10.4. The minimum atomic E-state index is 0.377. The quantitative estimate of drug-likeness (QED) is 0.813. The lowest BCUT2D eigenvalue weighted by atomic mass is 10.0. The SMILES string of the molecule is N#Cc1cccc(CN2CCC(N)CC2)c1. The van der Waals surface area contributed by atoms with Gasteiger partial charge in [0.05, 0.1) is 11.6 Å². The summed E-state index contributed by atoms with van der Waals surface area (Å²) in [5.74, 6) is 0. The molecular weight excluding hydrogens is 198 g/mol. The van der Waals surface area contributed by atoms with E-state index in [1.165, 1.54) is 5.56 Å². The highest BCUT2D eigenvalue weighted by Crippen LogP contribution is 2.13.